The first-order valence-corrected chi connectivity index (χ1v) is 6.51. The van der Waals surface area contributed by atoms with E-state index in [9.17, 15) is 0 Å². The second-order valence-electron chi connectivity index (χ2n) is 5.86. The lowest BCUT2D eigenvalue weighted by molar-refractivity contribution is -0.207. The predicted molar refractivity (Wildman–Crippen MR) is 58.5 cm³/mol. The van der Waals surface area contributed by atoms with Crippen LogP contribution in [0, 0.1) is 17.8 Å². The summed E-state index contributed by atoms with van der Waals surface area (Å²) in [5.74, 6) is 2.91. The standard InChI is InChI=1S/C13H22O2/c1-2-14-9-15-13-6-10-3-11(7-13)5-12(4-10)8-13/h10-12H,2-9H2,1H3. The van der Waals surface area contributed by atoms with E-state index < -0.39 is 0 Å². The summed E-state index contributed by atoms with van der Waals surface area (Å²) in [4.78, 5) is 0. The summed E-state index contributed by atoms with van der Waals surface area (Å²) in [6, 6.07) is 0. The Hall–Kier alpha value is -0.0800. The van der Waals surface area contributed by atoms with Crippen LogP contribution < -0.4 is 0 Å². The number of hydrogen-bond donors (Lipinski definition) is 0. The molecule has 0 unspecified atom stereocenters. The topological polar surface area (TPSA) is 18.5 Å². The highest BCUT2D eigenvalue weighted by atomic mass is 16.7. The molecular formula is C13H22O2. The van der Waals surface area contributed by atoms with Crippen LogP contribution in [-0.2, 0) is 9.47 Å². The Kier molecular flexibility index (Phi) is 2.52. The summed E-state index contributed by atoms with van der Waals surface area (Å²) in [6.45, 7) is 3.32. The Bertz CT molecular complexity index is 201. The minimum absolute atomic E-state index is 0.226. The molecule has 0 N–H and O–H groups in total. The lowest BCUT2D eigenvalue weighted by Gasteiger charge is -2.56. The fourth-order valence-electron chi connectivity index (χ4n) is 4.46. The Morgan fingerprint density at radius 2 is 1.53 bits per heavy atom. The summed E-state index contributed by atoms with van der Waals surface area (Å²) >= 11 is 0. The first kappa shape index (κ1) is 10.1. The summed E-state index contributed by atoms with van der Waals surface area (Å²) in [5.41, 5.74) is 0.226. The van der Waals surface area contributed by atoms with Gasteiger partial charge in [-0.1, -0.05) is 0 Å². The Balaban J connectivity index is 1.65. The third-order valence-electron chi connectivity index (χ3n) is 4.63. The summed E-state index contributed by atoms with van der Waals surface area (Å²) in [6.07, 6.45) is 8.38. The van der Waals surface area contributed by atoms with Crippen LogP contribution in [0.2, 0.25) is 0 Å². The van der Waals surface area contributed by atoms with Crippen LogP contribution in [0.1, 0.15) is 45.4 Å². The molecule has 0 atom stereocenters. The van der Waals surface area contributed by atoms with E-state index in [2.05, 4.69) is 0 Å². The molecule has 4 saturated carbocycles. The van der Waals surface area contributed by atoms with E-state index in [0.717, 1.165) is 24.4 Å². The van der Waals surface area contributed by atoms with Crippen molar-refractivity contribution >= 4 is 0 Å². The SMILES string of the molecule is CCOCOC12CC3CC(CC(C3)C1)C2. The van der Waals surface area contributed by atoms with E-state index in [1.54, 1.807) is 0 Å². The Morgan fingerprint density at radius 3 is 2.00 bits per heavy atom. The first-order chi connectivity index (χ1) is 7.30. The number of rotatable bonds is 4. The van der Waals surface area contributed by atoms with Gasteiger partial charge in [0.15, 0.2) is 0 Å². The van der Waals surface area contributed by atoms with Gasteiger partial charge in [-0.25, -0.2) is 0 Å². The zero-order valence-corrected chi connectivity index (χ0v) is 9.71. The van der Waals surface area contributed by atoms with Crippen LogP contribution >= 0.6 is 0 Å². The van der Waals surface area contributed by atoms with Crippen LogP contribution in [-0.4, -0.2) is 19.0 Å². The fourth-order valence-corrected chi connectivity index (χ4v) is 4.46. The van der Waals surface area contributed by atoms with Gasteiger partial charge in [0.1, 0.15) is 6.79 Å². The summed E-state index contributed by atoms with van der Waals surface area (Å²) in [5, 5.41) is 0. The number of ether oxygens (including phenoxy) is 2. The van der Waals surface area contributed by atoms with Crippen molar-refractivity contribution in [3.8, 4) is 0 Å². The van der Waals surface area contributed by atoms with Crippen LogP contribution in [0.25, 0.3) is 0 Å². The number of hydrogen-bond acceptors (Lipinski definition) is 2. The van der Waals surface area contributed by atoms with Crippen molar-refractivity contribution in [3.05, 3.63) is 0 Å². The lowest BCUT2D eigenvalue weighted by atomic mass is 9.54. The van der Waals surface area contributed by atoms with Gasteiger partial charge >= 0.3 is 0 Å². The highest BCUT2D eigenvalue weighted by Gasteiger charge is 2.51. The molecule has 4 rings (SSSR count). The normalized spacial score (nSPS) is 47.4. The third kappa shape index (κ3) is 1.83. The van der Waals surface area contributed by atoms with Crippen molar-refractivity contribution in [2.75, 3.05) is 13.4 Å². The lowest BCUT2D eigenvalue weighted by Crippen LogP contribution is -2.52. The molecule has 0 radical (unpaired) electrons. The van der Waals surface area contributed by atoms with Crippen molar-refractivity contribution in [1.29, 1.82) is 0 Å². The quantitative estimate of drug-likeness (QED) is 0.524. The molecule has 2 heteroatoms. The molecule has 4 aliphatic carbocycles. The van der Waals surface area contributed by atoms with Crippen molar-refractivity contribution in [3.63, 3.8) is 0 Å². The van der Waals surface area contributed by atoms with Gasteiger partial charge in [0.05, 0.1) is 5.60 Å². The first-order valence-electron chi connectivity index (χ1n) is 6.51. The van der Waals surface area contributed by atoms with E-state index in [1.807, 2.05) is 6.92 Å². The van der Waals surface area contributed by atoms with E-state index in [1.165, 1.54) is 38.5 Å². The van der Waals surface area contributed by atoms with E-state index in [0.29, 0.717) is 6.79 Å². The highest BCUT2D eigenvalue weighted by molar-refractivity contribution is 5.02. The van der Waals surface area contributed by atoms with Gasteiger partial charge in [-0.05, 0) is 63.2 Å². The van der Waals surface area contributed by atoms with Gasteiger partial charge in [-0.15, -0.1) is 0 Å². The second-order valence-corrected chi connectivity index (χ2v) is 5.86. The van der Waals surface area contributed by atoms with Crippen LogP contribution in [0.3, 0.4) is 0 Å². The average molecular weight is 210 g/mol. The molecular weight excluding hydrogens is 188 g/mol. The maximum absolute atomic E-state index is 6.06. The van der Waals surface area contributed by atoms with Crippen LogP contribution in [0.4, 0.5) is 0 Å². The molecule has 4 aliphatic rings. The third-order valence-corrected chi connectivity index (χ3v) is 4.63. The van der Waals surface area contributed by atoms with Crippen LogP contribution in [0.15, 0.2) is 0 Å². The zero-order chi connectivity index (χ0) is 10.3. The van der Waals surface area contributed by atoms with Crippen molar-refractivity contribution in [2.24, 2.45) is 17.8 Å². The van der Waals surface area contributed by atoms with Gasteiger partial charge in [0, 0.05) is 6.61 Å². The minimum atomic E-state index is 0.226. The maximum Gasteiger partial charge on any atom is 0.147 e. The molecule has 0 aromatic heterocycles. The molecule has 0 amide bonds. The largest absolute Gasteiger partial charge is 0.356 e. The Labute approximate surface area is 92.3 Å². The maximum atomic E-state index is 6.06. The van der Waals surface area contributed by atoms with Gasteiger partial charge in [-0.2, -0.15) is 0 Å². The van der Waals surface area contributed by atoms with Gasteiger partial charge in [0.2, 0.25) is 0 Å². The molecule has 0 spiro atoms. The second kappa shape index (κ2) is 3.74. The minimum Gasteiger partial charge on any atom is -0.356 e. The monoisotopic (exact) mass is 210 g/mol. The van der Waals surface area contributed by atoms with E-state index in [-0.39, 0.29) is 5.60 Å². The molecule has 0 saturated heterocycles. The van der Waals surface area contributed by atoms with Gasteiger partial charge in [0.25, 0.3) is 0 Å². The summed E-state index contributed by atoms with van der Waals surface area (Å²) in [7, 11) is 0. The van der Waals surface area contributed by atoms with E-state index in [4.69, 9.17) is 9.47 Å². The van der Waals surface area contributed by atoms with Gasteiger partial charge < -0.3 is 9.47 Å². The fraction of sp³-hybridized carbons (Fsp3) is 1.00. The van der Waals surface area contributed by atoms with E-state index >= 15 is 0 Å². The molecule has 86 valence electrons. The van der Waals surface area contributed by atoms with Crippen molar-refractivity contribution in [1.82, 2.24) is 0 Å². The molecule has 15 heavy (non-hydrogen) atoms. The smallest absolute Gasteiger partial charge is 0.147 e. The molecule has 4 bridgehead atoms. The van der Waals surface area contributed by atoms with Crippen molar-refractivity contribution < 1.29 is 9.47 Å². The predicted octanol–water partition coefficient (Wildman–Crippen LogP) is 2.97. The molecule has 0 heterocycles. The zero-order valence-electron chi connectivity index (χ0n) is 9.71. The van der Waals surface area contributed by atoms with Crippen LogP contribution in [0.5, 0.6) is 0 Å². The molecule has 2 nitrogen and oxygen atoms in total. The highest BCUT2D eigenvalue weighted by Crippen LogP contribution is 2.57. The Morgan fingerprint density at radius 1 is 1.00 bits per heavy atom. The molecule has 4 fully saturated rings. The summed E-state index contributed by atoms with van der Waals surface area (Å²) < 4.78 is 11.4. The van der Waals surface area contributed by atoms with Gasteiger partial charge in [-0.3, -0.25) is 0 Å². The molecule has 0 aromatic rings. The molecule has 0 aliphatic heterocycles. The molecule has 0 aromatic carbocycles. The average Bonchev–Trinajstić information content (AvgIpc) is 2.15. The van der Waals surface area contributed by atoms with Crippen molar-refractivity contribution in [2.45, 2.75) is 51.0 Å².